The molecule has 222 valence electrons. The third-order valence-electron chi connectivity index (χ3n) is 6.69. The zero-order chi connectivity index (χ0) is 29.4. The second kappa shape index (κ2) is 11.7. The minimum absolute atomic E-state index is 0.0187. The van der Waals surface area contributed by atoms with Crippen molar-refractivity contribution in [1.29, 1.82) is 0 Å². The summed E-state index contributed by atoms with van der Waals surface area (Å²) in [5, 5.41) is 27.2. The lowest BCUT2D eigenvalue weighted by molar-refractivity contribution is -0.142. The van der Waals surface area contributed by atoms with Crippen LogP contribution in [0.2, 0.25) is 0 Å². The molecule has 0 bridgehead atoms. The zero-order valence-electron chi connectivity index (χ0n) is 22.2. The van der Waals surface area contributed by atoms with Gasteiger partial charge in [0.15, 0.2) is 23.2 Å². The van der Waals surface area contributed by atoms with Gasteiger partial charge in [0, 0.05) is 6.04 Å². The maximum absolute atomic E-state index is 13.7. The summed E-state index contributed by atoms with van der Waals surface area (Å²) in [6, 6.07) is 7.37. The Morgan fingerprint density at radius 2 is 2.07 bits per heavy atom. The highest BCUT2D eigenvalue weighted by Crippen LogP contribution is 2.49. The quantitative estimate of drug-likeness (QED) is 0.112. The maximum atomic E-state index is 13.7. The molecule has 15 nitrogen and oxygen atoms in total. The van der Waals surface area contributed by atoms with Crippen LogP contribution in [-0.2, 0) is 23.4 Å². The third kappa shape index (κ3) is 6.11. The van der Waals surface area contributed by atoms with Crippen molar-refractivity contribution in [2.75, 3.05) is 31.4 Å². The van der Waals surface area contributed by atoms with Crippen LogP contribution in [0.4, 0.5) is 11.8 Å². The number of alkyl halides is 1. The smallest absolute Gasteiger partial charge is 0.459 e. The molecule has 2 aromatic heterocycles. The number of nitrogens with zero attached hydrogens (tertiary/aromatic N) is 4. The Kier molecular flexibility index (Phi) is 8.39. The summed E-state index contributed by atoms with van der Waals surface area (Å²) in [7, 11) is -3.06. The Hall–Kier alpha value is -3.04. The molecule has 3 heterocycles. The van der Waals surface area contributed by atoms with Crippen LogP contribution in [0.1, 0.15) is 26.0 Å². The van der Waals surface area contributed by atoms with E-state index in [1.165, 1.54) is 24.9 Å². The van der Waals surface area contributed by atoms with Crippen LogP contribution >= 0.6 is 19.3 Å². The van der Waals surface area contributed by atoms with Gasteiger partial charge < -0.3 is 35.3 Å². The fourth-order valence-electron chi connectivity index (χ4n) is 4.38. The fourth-order valence-corrected chi connectivity index (χ4v) is 6.18. The molecular formula is C24H31ClN7O8P. The molecule has 6 atom stereocenters. The number of hydrogen-bond donors (Lipinski definition) is 5. The maximum Gasteiger partial charge on any atom is 0.459 e. The second-order valence-electron chi connectivity index (χ2n) is 9.80. The lowest BCUT2D eigenvalue weighted by atomic mass is 9.99. The van der Waals surface area contributed by atoms with Crippen LogP contribution in [0.25, 0.3) is 11.2 Å². The minimum atomic E-state index is -4.25. The molecular weight excluding hydrogens is 581 g/mol. The van der Waals surface area contributed by atoms with Gasteiger partial charge in [0.2, 0.25) is 5.95 Å². The number of aliphatic hydroxyl groups excluding tert-OH is 2. The van der Waals surface area contributed by atoms with Gasteiger partial charge in [-0.15, -0.1) is 11.6 Å². The fraction of sp³-hybridized carbons (Fsp3) is 0.500. The molecule has 6 N–H and O–H groups in total. The van der Waals surface area contributed by atoms with Crippen molar-refractivity contribution in [1.82, 2.24) is 24.6 Å². The normalized spacial score (nSPS) is 26.4. The Morgan fingerprint density at radius 3 is 2.73 bits per heavy atom. The summed E-state index contributed by atoms with van der Waals surface area (Å²) >= 11 is 6.76. The first-order valence-corrected chi connectivity index (χ1v) is 14.7. The van der Waals surface area contributed by atoms with E-state index < -0.39 is 56.3 Å². The Balaban J connectivity index is 1.39. The summed E-state index contributed by atoms with van der Waals surface area (Å²) < 4.78 is 37.2. The predicted molar refractivity (Wildman–Crippen MR) is 147 cm³/mol. The van der Waals surface area contributed by atoms with Crippen LogP contribution in [-0.4, -0.2) is 85.2 Å². The topological polar surface area (TPSA) is 205 Å². The van der Waals surface area contributed by atoms with Gasteiger partial charge in [-0.1, -0.05) is 18.2 Å². The van der Waals surface area contributed by atoms with Gasteiger partial charge in [-0.3, -0.25) is 13.9 Å². The van der Waals surface area contributed by atoms with Crippen LogP contribution in [0.5, 0.6) is 5.75 Å². The number of nitrogens with two attached hydrogens (primary N) is 1. The molecule has 1 aliphatic heterocycles. The van der Waals surface area contributed by atoms with Gasteiger partial charge in [0.1, 0.15) is 28.9 Å². The first kappa shape index (κ1) is 29.5. The van der Waals surface area contributed by atoms with Crippen molar-refractivity contribution in [2.45, 2.75) is 55.2 Å². The zero-order valence-corrected chi connectivity index (χ0v) is 23.9. The van der Waals surface area contributed by atoms with Crippen molar-refractivity contribution in [3.8, 4) is 5.75 Å². The monoisotopic (exact) mass is 611 g/mol. The van der Waals surface area contributed by atoms with E-state index in [1.54, 1.807) is 30.3 Å². The van der Waals surface area contributed by atoms with E-state index in [0.717, 1.165) is 12.8 Å². The van der Waals surface area contributed by atoms with E-state index in [1.807, 2.05) is 0 Å². The Bertz CT molecular complexity index is 1440. The van der Waals surface area contributed by atoms with Crippen molar-refractivity contribution < 1.29 is 38.1 Å². The van der Waals surface area contributed by atoms with Crippen molar-refractivity contribution in [3.63, 3.8) is 0 Å². The summed E-state index contributed by atoms with van der Waals surface area (Å²) in [6.07, 6.45) is -0.524. The number of nitrogens with one attached hydrogen (secondary N) is 2. The molecule has 1 saturated heterocycles. The number of nitrogen functional groups attached to an aromatic ring is 1. The summed E-state index contributed by atoms with van der Waals surface area (Å²) in [4.78, 5) is 23.2. The number of carbonyl (C=O) groups excluding carboxylic acids is 1. The second-order valence-corrected chi connectivity index (χ2v) is 12.2. The molecule has 17 heteroatoms. The average molecular weight is 612 g/mol. The van der Waals surface area contributed by atoms with Gasteiger partial charge in [0.05, 0.1) is 26.7 Å². The molecule has 1 aliphatic carbocycles. The summed E-state index contributed by atoms with van der Waals surface area (Å²) in [5.41, 5.74) is 6.62. The number of anilines is 2. The number of halogens is 1. The van der Waals surface area contributed by atoms with E-state index in [2.05, 4.69) is 25.4 Å². The number of methoxy groups -OCH3 is 1. The van der Waals surface area contributed by atoms with Crippen molar-refractivity contribution >= 4 is 48.2 Å². The number of benzene rings is 1. The van der Waals surface area contributed by atoms with Crippen LogP contribution in [0.15, 0.2) is 36.7 Å². The standard InChI is InChI=1S/C24H31ClN7O8P/c1-13(21(35)37-2)31-41(36,40-15-6-4-3-5-7-15)38-10-16-18(34)24(25,11-33)22(39-16)32-12-27-17-19(28-14-8-9-14)29-23(26)30-20(17)32/h3-7,12-14,16,18,22,33-34H,8-11H2,1-2H3,(H,31,36)(H3,26,28,29,30)/t13-,16-,18-,22-,24-,41?/m1/s1. The predicted octanol–water partition coefficient (Wildman–Crippen LogP) is 1.57. The van der Waals surface area contributed by atoms with E-state index in [9.17, 15) is 19.6 Å². The summed E-state index contributed by atoms with van der Waals surface area (Å²) in [6.45, 7) is 0.211. The van der Waals surface area contributed by atoms with Gasteiger partial charge in [0.25, 0.3) is 0 Å². The highest BCUT2D eigenvalue weighted by Gasteiger charge is 2.57. The molecule has 1 aromatic carbocycles. The van der Waals surface area contributed by atoms with Crippen molar-refractivity contribution in [2.24, 2.45) is 0 Å². The first-order chi connectivity index (χ1) is 19.6. The van der Waals surface area contributed by atoms with Gasteiger partial charge in [-0.2, -0.15) is 15.1 Å². The lowest BCUT2D eigenvalue weighted by Crippen LogP contribution is -2.45. The number of para-hydroxylation sites is 1. The van der Waals surface area contributed by atoms with E-state index >= 15 is 0 Å². The van der Waals surface area contributed by atoms with E-state index in [-0.39, 0.29) is 23.4 Å². The van der Waals surface area contributed by atoms with Gasteiger partial charge in [-0.25, -0.2) is 9.55 Å². The SMILES string of the molecule is COC(=O)[C@@H](C)NP(=O)(OC[C@H]1O[C@@H](n2cnc3c(NC4CC4)nc(N)nc32)[C@@](Cl)(CO)[C@@H]1O)Oc1ccccc1. The number of esters is 1. The molecule has 5 rings (SSSR count). The molecule has 0 radical (unpaired) electrons. The highest BCUT2D eigenvalue weighted by molar-refractivity contribution is 7.52. The molecule has 0 spiro atoms. The van der Waals surface area contributed by atoms with Gasteiger partial charge >= 0.3 is 13.7 Å². The van der Waals surface area contributed by atoms with Gasteiger partial charge in [-0.05, 0) is 31.9 Å². The number of carbonyl (C=O) groups is 1. The van der Waals surface area contributed by atoms with Crippen LogP contribution in [0.3, 0.4) is 0 Å². The van der Waals surface area contributed by atoms with Crippen molar-refractivity contribution in [3.05, 3.63) is 36.7 Å². The summed E-state index contributed by atoms with van der Waals surface area (Å²) in [5.74, 6) is -0.0755. The molecule has 1 unspecified atom stereocenters. The largest absolute Gasteiger partial charge is 0.468 e. The molecule has 2 aliphatic rings. The number of hydrogen-bond acceptors (Lipinski definition) is 13. The number of fused-ring (bicyclic) bond motifs is 1. The molecule has 0 amide bonds. The molecule has 41 heavy (non-hydrogen) atoms. The first-order valence-electron chi connectivity index (χ1n) is 12.8. The molecule has 1 saturated carbocycles. The van der Waals surface area contributed by atoms with Crippen LogP contribution in [0, 0.1) is 0 Å². The minimum Gasteiger partial charge on any atom is -0.468 e. The molecule has 3 aromatic rings. The Morgan fingerprint density at radius 1 is 1.34 bits per heavy atom. The number of aromatic nitrogens is 4. The number of imidazole rings is 1. The molecule has 2 fully saturated rings. The Labute approximate surface area is 239 Å². The average Bonchev–Trinajstić information content (AvgIpc) is 3.62. The highest BCUT2D eigenvalue weighted by atomic mass is 35.5. The number of aliphatic hydroxyl groups is 2. The van der Waals surface area contributed by atoms with Crippen LogP contribution < -0.4 is 20.7 Å². The third-order valence-corrected chi connectivity index (χ3v) is 8.87. The van der Waals surface area contributed by atoms with E-state index in [0.29, 0.717) is 11.3 Å². The van der Waals surface area contributed by atoms with E-state index in [4.69, 9.17) is 35.9 Å². The lowest BCUT2D eigenvalue weighted by Gasteiger charge is -2.28. The number of rotatable bonds is 12. The number of ether oxygens (including phenoxy) is 2.